The molecular formula is C23H24F6N2O3S. The maximum absolute atomic E-state index is 14.1. The number of hydrogen-bond acceptors (Lipinski definition) is 5. The monoisotopic (exact) mass is 522 g/mol. The van der Waals surface area contributed by atoms with Gasteiger partial charge in [-0.1, -0.05) is 36.8 Å². The summed E-state index contributed by atoms with van der Waals surface area (Å²) in [5.41, 5.74) is -4.20. The lowest BCUT2D eigenvalue weighted by Crippen LogP contribution is -2.72. The molecule has 0 aliphatic heterocycles. The summed E-state index contributed by atoms with van der Waals surface area (Å²) in [5.74, 6) is -2.49. The molecule has 5 nitrogen and oxygen atoms in total. The zero-order valence-electron chi connectivity index (χ0n) is 18.7. The van der Waals surface area contributed by atoms with Crippen molar-refractivity contribution in [2.24, 2.45) is 0 Å². The minimum atomic E-state index is -5.98. The number of carbonyl (C=O) groups is 2. The van der Waals surface area contributed by atoms with E-state index >= 15 is 0 Å². The van der Waals surface area contributed by atoms with E-state index in [0.717, 1.165) is 18.8 Å². The second kappa shape index (κ2) is 10.5. The summed E-state index contributed by atoms with van der Waals surface area (Å²) in [6.07, 6.45) is -9.75. The third-order valence-corrected chi connectivity index (χ3v) is 6.98. The van der Waals surface area contributed by atoms with Crippen LogP contribution in [0.2, 0.25) is 0 Å². The number of ether oxygens (including phenoxy) is 1. The normalized spacial score (nSPS) is 14.6. The van der Waals surface area contributed by atoms with E-state index < -0.39 is 41.3 Å². The Hall–Kier alpha value is -2.76. The van der Waals surface area contributed by atoms with Gasteiger partial charge in [0.15, 0.2) is 0 Å². The number of carbonyl (C=O) groups excluding carboxylic acids is 2. The van der Waals surface area contributed by atoms with Gasteiger partial charge in [-0.05, 0) is 43.2 Å². The van der Waals surface area contributed by atoms with E-state index in [1.54, 1.807) is 30.3 Å². The lowest BCUT2D eigenvalue weighted by molar-refractivity contribution is -0.295. The molecule has 0 bridgehead atoms. The molecule has 1 aliphatic rings. The number of rotatable bonds is 7. The Morgan fingerprint density at radius 2 is 1.60 bits per heavy atom. The highest BCUT2D eigenvalue weighted by molar-refractivity contribution is 7.16. The Balaban J connectivity index is 2.01. The Kier molecular flexibility index (Phi) is 8.03. The van der Waals surface area contributed by atoms with Crippen molar-refractivity contribution < 1.29 is 40.7 Å². The molecule has 1 heterocycles. The second-order valence-electron chi connectivity index (χ2n) is 8.16. The van der Waals surface area contributed by atoms with Crippen molar-refractivity contribution in [1.82, 2.24) is 5.32 Å². The molecule has 3 rings (SSSR count). The van der Waals surface area contributed by atoms with Gasteiger partial charge < -0.3 is 15.4 Å². The number of thiophene rings is 1. The van der Waals surface area contributed by atoms with Crippen LogP contribution in [0.1, 0.15) is 52.0 Å². The molecular weight excluding hydrogens is 498 g/mol. The second-order valence-corrected chi connectivity index (χ2v) is 9.27. The Bertz CT molecular complexity index is 1040. The van der Waals surface area contributed by atoms with Gasteiger partial charge in [0.2, 0.25) is 5.91 Å². The standard InChI is InChI=1S/C23H24F6N2O3S/c1-34-20(33)18-15-10-6-3-7-11-16(15)35-19(18)31-21(22(24,25)26,23(27,28)29)30-17(32)13-12-14-8-4-2-5-9-14/h2,4-5,8-9,31H,3,6-7,10-13H2,1H3,(H,30,32). The van der Waals surface area contributed by atoms with E-state index in [-0.39, 0.29) is 12.0 Å². The first-order valence-corrected chi connectivity index (χ1v) is 11.7. The Morgan fingerprint density at radius 1 is 0.971 bits per heavy atom. The van der Waals surface area contributed by atoms with Gasteiger partial charge in [0, 0.05) is 11.3 Å². The Morgan fingerprint density at radius 3 is 2.20 bits per heavy atom. The molecule has 12 heteroatoms. The minimum Gasteiger partial charge on any atom is -0.465 e. The van der Waals surface area contributed by atoms with Crippen LogP contribution in [0.5, 0.6) is 0 Å². The highest BCUT2D eigenvalue weighted by Crippen LogP contribution is 2.47. The number of nitrogens with one attached hydrogen (secondary N) is 2. The summed E-state index contributed by atoms with van der Waals surface area (Å²) in [7, 11) is 0.999. The van der Waals surface area contributed by atoms with E-state index in [0.29, 0.717) is 53.0 Å². The predicted molar refractivity (Wildman–Crippen MR) is 118 cm³/mol. The minimum absolute atomic E-state index is 0.0564. The number of methoxy groups -OCH3 is 1. The molecule has 1 aromatic heterocycles. The number of esters is 1. The molecule has 0 fully saturated rings. The van der Waals surface area contributed by atoms with E-state index in [4.69, 9.17) is 0 Å². The maximum Gasteiger partial charge on any atom is 0.439 e. The average molecular weight is 523 g/mol. The number of hydrogen-bond donors (Lipinski definition) is 2. The quantitative estimate of drug-likeness (QED) is 0.209. The predicted octanol–water partition coefficient (Wildman–Crippen LogP) is 5.79. The Labute approximate surface area is 201 Å². The summed E-state index contributed by atoms with van der Waals surface area (Å²) in [5, 5.41) is 2.02. The summed E-state index contributed by atoms with van der Waals surface area (Å²) in [6.45, 7) is 0. The van der Waals surface area contributed by atoms with Crippen molar-refractivity contribution in [3.8, 4) is 0 Å². The van der Waals surface area contributed by atoms with E-state index in [1.165, 1.54) is 5.32 Å². The van der Waals surface area contributed by atoms with E-state index in [9.17, 15) is 35.9 Å². The summed E-state index contributed by atoms with van der Waals surface area (Å²) in [6, 6.07) is 8.17. The smallest absolute Gasteiger partial charge is 0.439 e. The van der Waals surface area contributed by atoms with Gasteiger partial charge in [0.25, 0.3) is 0 Å². The SMILES string of the molecule is COC(=O)c1c(NC(NC(=O)CCc2ccccc2)(C(F)(F)F)C(F)(F)F)sc2c1CCCCC2. The van der Waals surface area contributed by atoms with Crippen LogP contribution in [0.4, 0.5) is 31.3 Å². The molecule has 0 saturated carbocycles. The van der Waals surface area contributed by atoms with Gasteiger partial charge in [-0.2, -0.15) is 26.3 Å². The third kappa shape index (κ3) is 5.74. The van der Waals surface area contributed by atoms with E-state index in [2.05, 4.69) is 4.74 Å². The van der Waals surface area contributed by atoms with Crippen LogP contribution in [-0.2, 0) is 28.8 Å². The molecule has 192 valence electrons. The van der Waals surface area contributed by atoms with Crippen molar-refractivity contribution in [2.45, 2.75) is 63.0 Å². The first kappa shape index (κ1) is 26.8. The highest BCUT2D eigenvalue weighted by atomic mass is 32.1. The first-order valence-electron chi connectivity index (χ1n) is 10.9. The molecule has 2 aromatic rings. The van der Waals surface area contributed by atoms with Crippen LogP contribution >= 0.6 is 11.3 Å². The largest absolute Gasteiger partial charge is 0.465 e. The van der Waals surface area contributed by atoms with Gasteiger partial charge in [-0.25, -0.2) is 4.79 Å². The fraction of sp³-hybridized carbons (Fsp3) is 0.478. The molecule has 0 saturated heterocycles. The van der Waals surface area contributed by atoms with Crippen molar-refractivity contribution in [3.63, 3.8) is 0 Å². The highest BCUT2D eigenvalue weighted by Gasteiger charge is 2.73. The molecule has 1 amide bonds. The fourth-order valence-electron chi connectivity index (χ4n) is 3.97. The topological polar surface area (TPSA) is 67.4 Å². The number of anilines is 1. The molecule has 0 radical (unpaired) electrons. The fourth-order valence-corrected chi connectivity index (χ4v) is 5.30. The number of amides is 1. The maximum atomic E-state index is 14.1. The molecule has 35 heavy (non-hydrogen) atoms. The van der Waals surface area contributed by atoms with Gasteiger partial charge in [0.1, 0.15) is 5.00 Å². The van der Waals surface area contributed by atoms with Gasteiger partial charge in [-0.3, -0.25) is 4.79 Å². The van der Waals surface area contributed by atoms with Crippen molar-refractivity contribution in [2.75, 3.05) is 12.4 Å². The van der Waals surface area contributed by atoms with Crippen LogP contribution in [-0.4, -0.2) is 37.0 Å². The van der Waals surface area contributed by atoms with Crippen LogP contribution in [0.15, 0.2) is 30.3 Å². The zero-order valence-corrected chi connectivity index (χ0v) is 19.6. The zero-order chi connectivity index (χ0) is 25.9. The molecule has 0 spiro atoms. The summed E-state index contributed by atoms with van der Waals surface area (Å²) >= 11 is 0.652. The van der Waals surface area contributed by atoms with Gasteiger partial charge in [0.05, 0.1) is 12.7 Å². The lowest BCUT2D eigenvalue weighted by atomic mass is 10.0. The van der Waals surface area contributed by atoms with E-state index in [1.807, 2.05) is 0 Å². The number of fused-ring (bicyclic) bond motifs is 1. The number of alkyl halides is 6. The van der Waals surface area contributed by atoms with Crippen molar-refractivity contribution >= 4 is 28.2 Å². The molecule has 0 unspecified atom stereocenters. The van der Waals surface area contributed by atoms with Crippen LogP contribution in [0, 0.1) is 0 Å². The molecule has 1 aromatic carbocycles. The van der Waals surface area contributed by atoms with Crippen molar-refractivity contribution in [3.05, 3.63) is 51.9 Å². The third-order valence-electron chi connectivity index (χ3n) is 5.77. The number of aryl methyl sites for hydroxylation is 2. The molecule has 1 aliphatic carbocycles. The number of halogens is 6. The first-order chi connectivity index (χ1) is 16.4. The summed E-state index contributed by atoms with van der Waals surface area (Å²) in [4.78, 5) is 25.4. The van der Waals surface area contributed by atoms with Crippen LogP contribution in [0.25, 0.3) is 0 Å². The van der Waals surface area contributed by atoms with Gasteiger partial charge in [-0.15, -0.1) is 11.3 Å². The molecule has 0 atom stereocenters. The number of benzene rings is 1. The summed E-state index contributed by atoms with van der Waals surface area (Å²) < 4.78 is 89.5. The average Bonchev–Trinajstić information content (AvgIpc) is 2.95. The van der Waals surface area contributed by atoms with Crippen LogP contribution < -0.4 is 10.6 Å². The van der Waals surface area contributed by atoms with Crippen LogP contribution in [0.3, 0.4) is 0 Å². The molecule has 2 N–H and O–H groups in total. The van der Waals surface area contributed by atoms with Gasteiger partial charge >= 0.3 is 24.0 Å². The lowest BCUT2D eigenvalue weighted by Gasteiger charge is -2.38. The van der Waals surface area contributed by atoms with Crippen molar-refractivity contribution in [1.29, 1.82) is 0 Å².